The zero-order chi connectivity index (χ0) is 18.7. The maximum atomic E-state index is 9.53. The van der Waals surface area contributed by atoms with Crippen LogP contribution in [0.25, 0.3) is 16.9 Å². The van der Waals surface area contributed by atoms with Crippen molar-refractivity contribution in [3.63, 3.8) is 0 Å². The lowest BCUT2D eigenvalue weighted by molar-refractivity contribution is 0.198. The molecule has 0 aliphatic carbocycles. The Hall–Kier alpha value is -2.30. The summed E-state index contributed by atoms with van der Waals surface area (Å²) in [5.41, 5.74) is 3.23. The van der Waals surface area contributed by atoms with E-state index in [9.17, 15) is 5.11 Å². The average molecular weight is 371 g/mol. The fourth-order valence-electron chi connectivity index (χ4n) is 2.57. The maximum absolute atomic E-state index is 9.53. The smallest absolute Gasteiger partial charge is 0.119 e. The van der Waals surface area contributed by atoms with E-state index in [0.29, 0.717) is 17.3 Å². The monoisotopic (exact) mass is 370 g/mol. The Bertz CT molecular complexity index is 897. The van der Waals surface area contributed by atoms with Gasteiger partial charge in [-0.1, -0.05) is 56.6 Å². The summed E-state index contributed by atoms with van der Waals surface area (Å²) in [6.45, 7) is 6.90. The van der Waals surface area contributed by atoms with Gasteiger partial charge in [-0.05, 0) is 35.7 Å². The molecular formula is C21H23ClN2O2. The minimum absolute atomic E-state index is 0.0827. The van der Waals surface area contributed by atoms with Crippen molar-refractivity contribution in [2.24, 2.45) is 5.41 Å². The number of aromatic nitrogens is 2. The normalized spacial score (nSPS) is 11.6. The highest BCUT2D eigenvalue weighted by Crippen LogP contribution is 2.30. The van der Waals surface area contributed by atoms with E-state index in [2.05, 4.69) is 25.9 Å². The zero-order valence-electron chi connectivity index (χ0n) is 15.2. The second kappa shape index (κ2) is 7.52. The van der Waals surface area contributed by atoms with Gasteiger partial charge >= 0.3 is 0 Å². The van der Waals surface area contributed by atoms with Gasteiger partial charge in [-0.25, -0.2) is 4.68 Å². The molecule has 4 nitrogen and oxygen atoms in total. The molecule has 26 heavy (non-hydrogen) atoms. The third-order valence-corrected chi connectivity index (χ3v) is 4.12. The van der Waals surface area contributed by atoms with Crippen molar-refractivity contribution in [1.82, 2.24) is 9.78 Å². The summed E-state index contributed by atoms with van der Waals surface area (Å²) in [6, 6.07) is 17.3. The van der Waals surface area contributed by atoms with E-state index in [0.717, 1.165) is 22.7 Å². The van der Waals surface area contributed by atoms with E-state index in [1.807, 2.05) is 54.6 Å². The Labute approximate surface area is 159 Å². The fraction of sp³-hybridized carbons (Fsp3) is 0.286. The minimum Gasteiger partial charge on any atom is -0.493 e. The first-order chi connectivity index (χ1) is 12.4. The molecule has 0 saturated heterocycles. The van der Waals surface area contributed by atoms with Gasteiger partial charge < -0.3 is 9.84 Å². The molecule has 0 spiro atoms. The Morgan fingerprint density at radius 3 is 2.54 bits per heavy atom. The van der Waals surface area contributed by atoms with Crippen LogP contribution in [-0.4, -0.2) is 21.5 Å². The zero-order valence-corrected chi connectivity index (χ0v) is 16.0. The Morgan fingerprint density at radius 1 is 1.08 bits per heavy atom. The molecule has 0 radical (unpaired) electrons. The second-order valence-corrected chi connectivity index (χ2v) is 7.83. The largest absolute Gasteiger partial charge is 0.493 e. The molecule has 0 aliphatic heterocycles. The summed E-state index contributed by atoms with van der Waals surface area (Å²) >= 11 is 6.35. The highest BCUT2D eigenvalue weighted by atomic mass is 35.5. The highest BCUT2D eigenvalue weighted by molar-refractivity contribution is 6.32. The molecule has 1 N–H and O–H groups in total. The van der Waals surface area contributed by atoms with Gasteiger partial charge in [0.05, 0.1) is 35.3 Å². The molecule has 0 fully saturated rings. The van der Waals surface area contributed by atoms with Gasteiger partial charge in [0, 0.05) is 5.56 Å². The fourth-order valence-corrected chi connectivity index (χ4v) is 2.78. The molecule has 1 heterocycles. The number of para-hydroxylation sites is 1. The van der Waals surface area contributed by atoms with E-state index < -0.39 is 0 Å². The summed E-state index contributed by atoms with van der Waals surface area (Å²) in [4.78, 5) is 0. The first-order valence-corrected chi connectivity index (χ1v) is 8.93. The summed E-state index contributed by atoms with van der Waals surface area (Å²) in [7, 11) is 0. The van der Waals surface area contributed by atoms with E-state index in [1.54, 1.807) is 4.68 Å². The van der Waals surface area contributed by atoms with E-state index in [1.165, 1.54) is 0 Å². The lowest BCUT2D eigenvalue weighted by atomic mass is 9.99. The molecule has 3 rings (SSSR count). The number of hydrogen-bond acceptors (Lipinski definition) is 3. The molecule has 5 heteroatoms. The van der Waals surface area contributed by atoms with Crippen molar-refractivity contribution in [1.29, 1.82) is 0 Å². The second-order valence-electron chi connectivity index (χ2n) is 7.42. The topological polar surface area (TPSA) is 47.3 Å². The number of rotatable bonds is 5. The molecule has 1 aromatic heterocycles. The quantitative estimate of drug-likeness (QED) is 0.678. The number of benzene rings is 2. The number of halogens is 1. The number of nitrogens with zero attached hydrogens (tertiary/aromatic N) is 2. The van der Waals surface area contributed by atoms with Crippen molar-refractivity contribution in [2.45, 2.75) is 27.4 Å². The van der Waals surface area contributed by atoms with Gasteiger partial charge in [0.2, 0.25) is 0 Å². The van der Waals surface area contributed by atoms with Crippen LogP contribution in [-0.2, 0) is 6.61 Å². The summed E-state index contributed by atoms with van der Waals surface area (Å²) in [5.74, 6) is 0.801. The van der Waals surface area contributed by atoms with Crippen LogP contribution in [0.2, 0.25) is 5.02 Å². The van der Waals surface area contributed by atoms with Gasteiger partial charge in [0.25, 0.3) is 0 Å². The number of aliphatic hydroxyl groups excluding tert-OH is 1. The predicted molar refractivity (Wildman–Crippen MR) is 105 cm³/mol. The van der Waals surface area contributed by atoms with Crippen molar-refractivity contribution in [2.75, 3.05) is 6.61 Å². The lowest BCUT2D eigenvalue weighted by Crippen LogP contribution is -2.16. The highest BCUT2D eigenvalue weighted by Gasteiger charge is 2.15. The first-order valence-electron chi connectivity index (χ1n) is 8.55. The lowest BCUT2D eigenvalue weighted by Gasteiger charge is -2.19. The third kappa shape index (κ3) is 4.26. The van der Waals surface area contributed by atoms with Gasteiger partial charge in [-0.2, -0.15) is 5.10 Å². The molecule has 3 aromatic rings. The van der Waals surface area contributed by atoms with Gasteiger partial charge in [0.15, 0.2) is 0 Å². The van der Waals surface area contributed by atoms with Crippen molar-refractivity contribution in [3.05, 3.63) is 65.3 Å². The molecule has 0 aliphatic rings. The molecule has 2 aromatic carbocycles. The molecular weight excluding hydrogens is 348 g/mol. The molecule has 0 atom stereocenters. The van der Waals surface area contributed by atoms with Crippen LogP contribution in [0.1, 0.15) is 26.5 Å². The van der Waals surface area contributed by atoms with Gasteiger partial charge in [-0.3, -0.25) is 0 Å². The average Bonchev–Trinajstić information content (AvgIpc) is 3.04. The van der Waals surface area contributed by atoms with Crippen LogP contribution in [0.4, 0.5) is 0 Å². The van der Waals surface area contributed by atoms with Crippen LogP contribution in [0.15, 0.2) is 54.6 Å². The molecule has 0 unspecified atom stereocenters. The molecule has 0 bridgehead atoms. The molecule has 136 valence electrons. The molecule has 0 amide bonds. The SMILES string of the molecule is CC(C)(C)COc1cccc(-c2cc(CO)nn2-c2ccccc2Cl)c1. The van der Waals surface area contributed by atoms with Crippen molar-refractivity contribution in [3.8, 4) is 22.7 Å². The van der Waals surface area contributed by atoms with Crippen LogP contribution in [0.3, 0.4) is 0 Å². The van der Waals surface area contributed by atoms with Crippen LogP contribution in [0, 0.1) is 5.41 Å². The predicted octanol–water partition coefficient (Wildman–Crippen LogP) is 5.11. The summed E-state index contributed by atoms with van der Waals surface area (Å²) < 4.78 is 7.69. The van der Waals surface area contributed by atoms with Crippen molar-refractivity contribution < 1.29 is 9.84 Å². The Morgan fingerprint density at radius 2 is 1.85 bits per heavy atom. The Balaban J connectivity index is 2.02. The van der Waals surface area contributed by atoms with Crippen molar-refractivity contribution >= 4 is 11.6 Å². The van der Waals surface area contributed by atoms with Crippen LogP contribution < -0.4 is 4.74 Å². The minimum atomic E-state index is -0.134. The van der Waals surface area contributed by atoms with E-state index in [4.69, 9.17) is 16.3 Å². The van der Waals surface area contributed by atoms with E-state index >= 15 is 0 Å². The van der Waals surface area contributed by atoms with Crippen LogP contribution in [0.5, 0.6) is 5.75 Å². The summed E-state index contributed by atoms with van der Waals surface area (Å²) in [5, 5.41) is 14.6. The molecule has 0 saturated carbocycles. The van der Waals surface area contributed by atoms with E-state index in [-0.39, 0.29) is 12.0 Å². The third-order valence-electron chi connectivity index (χ3n) is 3.80. The Kier molecular flexibility index (Phi) is 5.35. The number of aliphatic hydroxyl groups is 1. The maximum Gasteiger partial charge on any atom is 0.119 e. The van der Waals surface area contributed by atoms with Crippen LogP contribution >= 0.6 is 11.6 Å². The number of ether oxygens (including phenoxy) is 1. The standard InChI is InChI=1S/C21H23ClN2O2/c1-21(2,3)14-26-17-8-6-7-15(11-17)20-12-16(13-25)23-24(20)19-10-5-4-9-18(19)22/h4-12,25H,13-14H2,1-3H3. The number of hydrogen-bond donors (Lipinski definition) is 1. The first kappa shape index (κ1) is 18.5. The summed E-state index contributed by atoms with van der Waals surface area (Å²) in [6.07, 6.45) is 0. The van der Waals surface area contributed by atoms with Gasteiger partial charge in [-0.15, -0.1) is 0 Å². The van der Waals surface area contributed by atoms with Gasteiger partial charge in [0.1, 0.15) is 5.75 Å².